The fraction of sp³-hybridized carbons (Fsp3) is 0.571. The molecule has 2 nitrogen and oxygen atoms in total. The lowest BCUT2D eigenvalue weighted by Gasteiger charge is -2.25. The molecule has 2 N–H and O–H groups in total. The Balaban J connectivity index is 2.44. The maximum absolute atomic E-state index is 6.19. The van der Waals surface area contributed by atoms with Crippen molar-refractivity contribution in [3.8, 4) is 0 Å². The van der Waals surface area contributed by atoms with Crippen LogP contribution in [0.2, 0.25) is 0 Å². The molecule has 0 aliphatic rings. The van der Waals surface area contributed by atoms with Crippen molar-refractivity contribution in [1.29, 1.82) is 0 Å². The van der Waals surface area contributed by atoms with E-state index in [0.717, 1.165) is 17.4 Å². The lowest BCUT2D eigenvalue weighted by Crippen LogP contribution is -2.31. The summed E-state index contributed by atoms with van der Waals surface area (Å²) in [7, 11) is 2.17. The van der Waals surface area contributed by atoms with Gasteiger partial charge in [-0.2, -0.15) is 0 Å². The summed E-state index contributed by atoms with van der Waals surface area (Å²) in [6, 6.07) is 9.05. The number of nitrogens with two attached hydrogens (primary N) is 1. The summed E-state index contributed by atoms with van der Waals surface area (Å²) in [6.07, 6.45) is 2.19. The first-order valence-corrected chi connectivity index (χ1v) is 7.05. The van der Waals surface area contributed by atoms with Crippen LogP contribution in [0.15, 0.2) is 28.7 Å². The van der Waals surface area contributed by atoms with Crippen molar-refractivity contribution in [3.63, 3.8) is 0 Å². The molecule has 0 saturated heterocycles. The van der Waals surface area contributed by atoms with Crippen LogP contribution in [0.25, 0.3) is 0 Å². The largest absolute Gasteiger partial charge is 0.324 e. The van der Waals surface area contributed by atoms with Gasteiger partial charge in [-0.05, 0) is 51.1 Å². The Morgan fingerprint density at radius 3 is 2.41 bits per heavy atom. The van der Waals surface area contributed by atoms with Crippen molar-refractivity contribution >= 4 is 15.9 Å². The van der Waals surface area contributed by atoms with Crippen molar-refractivity contribution < 1.29 is 0 Å². The second kappa shape index (κ2) is 7.14. The first-order chi connectivity index (χ1) is 8.04. The van der Waals surface area contributed by atoms with Gasteiger partial charge in [-0.25, -0.2) is 0 Å². The quantitative estimate of drug-likeness (QED) is 0.870. The summed E-state index contributed by atoms with van der Waals surface area (Å²) in [5, 5.41) is 0. The Labute approximate surface area is 113 Å². The van der Waals surface area contributed by atoms with Gasteiger partial charge in [0, 0.05) is 16.6 Å². The van der Waals surface area contributed by atoms with Crippen LogP contribution in [-0.4, -0.2) is 24.5 Å². The maximum atomic E-state index is 6.19. The molecule has 1 aromatic carbocycles. The molecule has 0 fully saturated rings. The third kappa shape index (κ3) is 4.78. The number of halogens is 1. The molecule has 2 atom stereocenters. The maximum Gasteiger partial charge on any atom is 0.0307 e. The number of hydrogen-bond acceptors (Lipinski definition) is 2. The molecule has 0 amide bonds. The van der Waals surface area contributed by atoms with Crippen molar-refractivity contribution in [2.45, 2.75) is 38.8 Å². The van der Waals surface area contributed by atoms with Crippen molar-refractivity contribution in [2.24, 2.45) is 5.73 Å². The number of benzene rings is 1. The molecule has 96 valence electrons. The number of hydrogen-bond donors (Lipinski definition) is 1. The van der Waals surface area contributed by atoms with Gasteiger partial charge in [-0.3, -0.25) is 0 Å². The second-order valence-corrected chi connectivity index (χ2v) is 5.60. The van der Waals surface area contributed by atoms with Crippen LogP contribution < -0.4 is 5.73 Å². The zero-order valence-electron chi connectivity index (χ0n) is 11.0. The lowest BCUT2D eigenvalue weighted by molar-refractivity contribution is 0.243. The molecule has 0 aliphatic heterocycles. The predicted octanol–water partition coefficient (Wildman–Crippen LogP) is 3.57. The van der Waals surface area contributed by atoms with E-state index >= 15 is 0 Å². The molecule has 17 heavy (non-hydrogen) atoms. The minimum absolute atomic E-state index is 0.134. The van der Waals surface area contributed by atoms with E-state index in [2.05, 4.69) is 53.9 Å². The third-order valence-electron chi connectivity index (χ3n) is 3.43. The van der Waals surface area contributed by atoms with Crippen LogP contribution in [0.4, 0.5) is 0 Å². The molecule has 1 aromatic rings. The van der Waals surface area contributed by atoms with E-state index < -0.39 is 0 Å². The Kier molecular flexibility index (Phi) is 6.17. The zero-order chi connectivity index (χ0) is 12.8. The normalized spacial score (nSPS) is 14.9. The average molecular weight is 299 g/mol. The molecule has 1 rings (SSSR count). The van der Waals surface area contributed by atoms with Crippen molar-refractivity contribution in [3.05, 3.63) is 34.3 Å². The molecule has 0 spiro atoms. The molecule has 0 heterocycles. The Hall–Kier alpha value is -0.380. The molecular formula is C14H23BrN2. The lowest BCUT2D eigenvalue weighted by atomic mass is 10.0. The average Bonchev–Trinajstić information content (AvgIpc) is 2.35. The molecule has 0 bridgehead atoms. The monoisotopic (exact) mass is 298 g/mol. The van der Waals surface area contributed by atoms with Gasteiger partial charge in [0.2, 0.25) is 0 Å². The van der Waals surface area contributed by atoms with E-state index in [4.69, 9.17) is 5.73 Å². The van der Waals surface area contributed by atoms with Crippen LogP contribution in [0.1, 0.15) is 38.3 Å². The highest BCUT2D eigenvalue weighted by Crippen LogP contribution is 2.18. The van der Waals surface area contributed by atoms with E-state index in [1.54, 1.807) is 0 Å². The second-order valence-electron chi connectivity index (χ2n) is 4.68. The van der Waals surface area contributed by atoms with Crippen LogP contribution >= 0.6 is 15.9 Å². The Bertz CT molecular complexity index is 323. The van der Waals surface area contributed by atoms with E-state index in [1.807, 2.05) is 12.1 Å². The third-order valence-corrected chi connectivity index (χ3v) is 3.96. The van der Waals surface area contributed by atoms with Gasteiger partial charge in [0.05, 0.1) is 0 Å². The number of rotatable bonds is 6. The summed E-state index contributed by atoms with van der Waals surface area (Å²) < 4.78 is 1.10. The van der Waals surface area contributed by atoms with Crippen LogP contribution in [0, 0.1) is 0 Å². The summed E-state index contributed by atoms with van der Waals surface area (Å²) >= 11 is 3.44. The predicted molar refractivity (Wildman–Crippen MR) is 78.1 cm³/mol. The molecule has 0 aliphatic carbocycles. The zero-order valence-corrected chi connectivity index (χ0v) is 12.6. The first-order valence-electron chi connectivity index (χ1n) is 6.25. The highest BCUT2D eigenvalue weighted by Gasteiger charge is 2.10. The SMILES string of the molecule is CCC(C)N(C)CCC(N)c1ccc(Br)cc1. The van der Waals surface area contributed by atoms with Gasteiger partial charge in [-0.15, -0.1) is 0 Å². The Morgan fingerprint density at radius 2 is 1.88 bits per heavy atom. The molecular weight excluding hydrogens is 276 g/mol. The smallest absolute Gasteiger partial charge is 0.0307 e. The summed E-state index contributed by atoms with van der Waals surface area (Å²) in [5.41, 5.74) is 7.41. The van der Waals surface area contributed by atoms with Crippen molar-refractivity contribution in [2.75, 3.05) is 13.6 Å². The minimum Gasteiger partial charge on any atom is -0.324 e. The Morgan fingerprint density at radius 1 is 1.29 bits per heavy atom. The topological polar surface area (TPSA) is 29.3 Å². The van der Waals surface area contributed by atoms with Gasteiger partial charge in [0.25, 0.3) is 0 Å². The fourth-order valence-corrected chi connectivity index (χ4v) is 2.02. The highest BCUT2D eigenvalue weighted by molar-refractivity contribution is 9.10. The first kappa shape index (κ1) is 14.7. The fourth-order valence-electron chi connectivity index (χ4n) is 1.75. The highest BCUT2D eigenvalue weighted by atomic mass is 79.9. The van der Waals surface area contributed by atoms with E-state index in [1.165, 1.54) is 12.0 Å². The molecule has 0 saturated carbocycles. The van der Waals surface area contributed by atoms with Gasteiger partial charge in [-0.1, -0.05) is 35.0 Å². The van der Waals surface area contributed by atoms with E-state index in [9.17, 15) is 0 Å². The summed E-state index contributed by atoms with van der Waals surface area (Å²) in [6.45, 7) is 5.52. The minimum atomic E-state index is 0.134. The molecule has 0 radical (unpaired) electrons. The number of nitrogens with zero attached hydrogens (tertiary/aromatic N) is 1. The summed E-state index contributed by atoms with van der Waals surface area (Å²) in [4.78, 5) is 2.37. The standard InChI is InChI=1S/C14H23BrN2/c1-4-11(2)17(3)10-9-14(16)12-5-7-13(15)8-6-12/h5-8,11,14H,4,9-10,16H2,1-3H3. The molecule has 0 aromatic heterocycles. The van der Waals surface area contributed by atoms with Gasteiger partial charge < -0.3 is 10.6 Å². The van der Waals surface area contributed by atoms with Gasteiger partial charge >= 0.3 is 0 Å². The summed E-state index contributed by atoms with van der Waals surface area (Å²) in [5.74, 6) is 0. The van der Waals surface area contributed by atoms with Gasteiger partial charge in [0.15, 0.2) is 0 Å². The van der Waals surface area contributed by atoms with Crippen molar-refractivity contribution in [1.82, 2.24) is 4.90 Å². The van der Waals surface area contributed by atoms with E-state index in [0.29, 0.717) is 6.04 Å². The van der Waals surface area contributed by atoms with Crippen LogP contribution in [0.3, 0.4) is 0 Å². The molecule has 2 unspecified atom stereocenters. The molecule has 3 heteroatoms. The van der Waals surface area contributed by atoms with Crippen LogP contribution in [0.5, 0.6) is 0 Å². The van der Waals surface area contributed by atoms with Crippen LogP contribution in [-0.2, 0) is 0 Å². The van der Waals surface area contributed by atoms with Gasteiger partial charge in [0.1, 0.15) is 0 Å². The van der Waals surface area contributed by atoms with E-state index in [-0.39, 0.29) is 6.04 Å².